The summed E-state index contributed by atoms with van der Waals surface area (Å²) in [6, 6.07) is 22.1. The number of amides is 1. The monoisotopic (exact) mass is 429 g/mol. The van der Waals surface area contributed by atoms with Gasteiger partial charge in [-0.2, -0.15) is 0 Å². The molecule has 0 unspecified atom stereocenters. The van der Waals surface area contributed by atoms with Gasteiger partial charge in [-0.15, -0.1) is 0 Å². The van der Waals surface area contributed by atoms with Gasteiger partial charge in [0, 0.05) is 48.3 Å². The Morgan fingerprint density at radius 3 is 2.22 bits per heavy atom. The summed E-state index contributed by atoms with van der Waals surface area (Å²) < 4.78 is 27.6. The first kappa shape index (κ1) is 20.1. The van der Waals surface area contributed by atoms with E-state index in [1.807, 2.05) is 36.4 Å². The number of hydrogen-bond acceptors (Lipinski definition) is 3. The van der Waals surface area contributed by atoms with Crippen LogP contribution in [0.5, 0.6) is 0 Å². The van der Waals surface area contributed by atoms with Crippen LogP contribution in [-0.4, -0.2) is 42.0 Å². The normalized spacial score (nSPS) is 14.1. The van der Waals surface area contributed by atoms with Crippen LogP contribution in [0.1, 0.15) is 10.4 Å². The number of piperazine rings is 1. The number of para-hydroxylation sites is 1. The molecule has 6 heteroatoms. The first-order valence-corrected chi connectivity index (χ1v) is 10.5. The van der Waals surface area contributed by atoms with Crippen molar-refractivity contribution in [3.63, 3.8) is 0 Å². The molecule has 0 radical (unpaired) electrons. The zero-order valence-electron chi connectivity index (χ0n) is 17.3. The van der Waals surface area contributed by atoms with Crippen molar-refractivity contribution in [2.75, 3.05) is 31.1 Å². The van der Waals surface area contributed by atoms with Crippen molar-refractivity contribution in [1.29, 1.82) is 0 Å². The van der Waals surface area contributed by atoms with E-state index in [0.29, 0.717) is 37.3 Å². The largest absolute Gasteiger partial charge is 0.353 e. The molecule has 0 atom stereocenters. The predicted molar refractivity (Wildman–Crippen MR) is 122 cm³/mol. The summed E-state index contributed by atoms with van der Waals surface area (Å²) in [7, 11) is 0. The molecule has 32 heavy (non-hydrogen) atoms. The number of fused-ring (bicyclic) bond motifs is 1. The SMILES string of the molecule is O=C(c1ccc(F)cc1)N1CCN(c2ccc3cccc(-c4ccccc4F)c3n2)CC1. The molecule has 0 bridgehead atoms. The number of anilines is 1. The highest BCUT2D eigenvalue weighted by Crippen LogP contribution is 2.31. The highest BCUT2D eigenvalue weighted by molar-refractivity contribution is 5.95. The van der Waals surface area contributed by atoms with E-state index >= 15 is 0 Å². The predicted octanol–water partition coefficient (Wildman–Crippen LogP) is 5.14. The molecule has 1 saturated heterocycles. The van der Waals surface area contributed by atoms with Crippen LogP contribution >= 0.6 is 0 Å². The quantitative estimate of drug-likeness (QED) is 0.452. The van der Waals surface area contributed by atoms with Gasteiger partial charge >= 0.3 is 0 Å². The maximum absolute atomic E-state index is 14.4. The average molecular weight is 429 g/mol. The minimum atomic E-state index is -0.358. The van der Waals surface area contributed by atoms with E-state index < -0.39 is 0 Å². The summed E-state index contributed by atoms with van der Waals surface area (Å²) in [4.78, 5) is 21.5. The second-order valence-corrected chi connectivity index (χ2v) is 7.81. The summed E-state index contributed by atoms with van der Waals surface area (Å²) in [5, 5.41) is 0.944. The van der Waals surface area contributed by atoms with Crippen molar-refractivity contribution >= 4 is 22.6 Å². The molecule has 0 aliphatic carbocycles. The maximum atomic E-state index is 14.4. The maximum Gasteiger partial charge on any atom is 0.253 e. The van der Waals surface area contributed by atoms with Gasteiger partial charge in [0.25, 0.3) is 5.91 Å². The second-order valence-electron chi connectivity index (χ2n) is 7.81. The van der Waals surface area contributed by atoms with Gasteiger partial charge in [0.1, 0.15) is 17.5 Å². The second kappa shape index (κ2) is 8.38. The molecular weight excluding hydrogens is 408 g/mol. The number of halogens is 2. The van der Waals surface area contributed by atoms with Gasteiger partial charge in [0.05, 0.1) is 5.52 Å². The highest BCUT2D eigenvalue weighted by Gasteiger charge is 2.23. The summed E-state index contributed by atoms with van der Waals surface area (Å²) in [5.41, 5.74) is 2.52. The highest BCUT2D eigenvalue weighted by atomic mass is 19.1. The van der Waals surface area contributed by atoms with Gasteiger partial charge in [-0.05, 0) is 42.5 Å². The van der Waals surface area contributed by atoms with Gasteiger partial charge in [-0.25, -0.2) is 13.8 Å². The molecule has 1 amide bonds. The Bertz CT molecular complexity index is 1280. The Morgan fingerprint density at radius 1 is 0.750 bits per heavy atom. The lowest BCUT2D eigenvalue weighted by molar-refractivity contribution is 0.0746. The van der Waals surface area contributed by atoms with Crippen molar-refractivity contribution in [3.05, 3.63) is 96.1 Å². The van der Waals surface area contributed by atoms with E-state index in [0.717, 1.165) is 22.3 Å². The topological polar surface area (TPSA) is 36.4 Å². The molecule has 4 aromatic rings. The minimum Gasteiger partial charge on any atom is -0.353 e. The lowest BCUT2D eigenvalue weighted by Gasteiger charge is -2.35. The zero-order valence-corrected chi connectivity index (χ0v) is 17.3. The number of carbonyl (C=O) groups excluding carboxylic acids is 1. The molecule has 3 aromatic carbocycles. The van der Waals surface area contributed by atoms with E-state index in [9.17, 15) is 13.6 Å². The Morgan fingerprint density at radius 2 is 1.47 bits per heavy atom. The van der Waals surface area contributed by atoms with Crippen LogP contribution < -0.4 is 4.90 Å². The molecule has 2 heterocycles. The van der Waals surface area contributed by atoms with Gasteiger partial charge < -0.3 is 9.80 Å². The Hall–Kier alpha value is -3.80. The van der Waals surface area contributed by atoms with Gasteiger partial charge in [-0.1, -0.05) is 36.4 Å². The summed E-state index contributed by atoms with van der Waals surface area (Å²) in [6.07, 6.45) is 0. The third-order valence-electron chi connectivity index (χ3n) is 5.85. The molecular formula is C26H21F2N3O. The van der Waals surface area contributed by atoms with E-state index in [4.69, 9.17) is 4.98 Å². The summed E-state index contributed by atoms with van der Waals surface area (Å²) in [6.45, 7) is 2.36. The number of nitrogens with zero attached hydrogens (tertiary/aromatic N) is 3. The Balaban J connectivity index is 1.38. The number of pyridine rings is 1. The van der Waals surface area contributed by atoms with Crippen molar-refractivity contribution in [2.45, 2.75) is 0 Å². The van der Waals surface area contributed by atoms with E-state index in [-0.39, 0.29) is 17.5 Å². The molecule has 5 rings (SSSR count). The van der Waals surface area contributed by atoms with Crippen LogP contribution in [0.3, 0.4) is 0 Å². The van der Waals surface area contributed by atoms with Crippen molar-refractivity contribution in [1.82, 2.24) is 9.88 Å². The molecule has 1 aliphatic rings. The van der Waals surface area contributed by atoms with Crippen LogP contribution in [-0.2, 0) is 0 Å². The number of aromatic nitrogens is 1. The fourth-order valence-electron chi connectivity index (χ4n) is 4.12. The first-order chi connectivity index (χ1) is 15.6. The number of hydrogen-bond donors (Lipinski definition) is 0. The molecule has 160 valence electrons. The first-order valence-electron chi connectivity index (χ1n) is 10.5. The third-order valence-corrected chi connectivity index (χ3v) is 5.85. The molecule has 1 aliphatic heterocycles. The van der Waals surface area contributed by atoms with Crippen LogP contribution in [0.25, 0.3) is 22.0 Å². The van der Waals surface area contributed by atoms with E-state index in [1.54, 1.807) is 17.0 Å². The van der Waals surface area contributed by atoms with Crippen LogP contribution in [0, 0.1) is 11.6 Å². The Labute approximate surface area is 184 Å². The van der Waals surface area contributed by atoms with Gasteiger partial charge in [-0.3, -0.25) is 4.79 Å². The summed E-state index contributed by atoms with van der Waals surface area (Å²) in [5.74, 6) is 0.0664. The van der Waals surface area contributed by atoms with Crippen LogP contribution in [0.4, 0.5) is 14.6 Å². The third kappa shape index (κ3) is 3.80. The van der Waals surface area contributed by atoms with Crippen molar-refractivity contribution in [2.24, 2.45) is 0 Å². The van der Waals surface area contributed by atoms with Gasteiger partial charge in [0.15, 0.2) is 0 Å². The zero-order chi connectivity index (χ0) is 22.1. The smallest absolute Gasteiger partial charge is 0.253 e. The van der Waals surface area contributed by atoms with Crippen molar-refractivity contribution in [3.8, 4) is 11.1 Å². The lowest BCUT2D eigenvalue weighted by Crippen LogP contribution is -2.49. The lowest BCUT2D eigenvalue weighted by atomic mass is 10.0. The minimum absolute atomic E-state index is 0.0991. The molecule has 0 N–H and O–H groups in total. The standard InChI is InChI=1S/C26H21F2N3O/c27-20-11-8-19(9-12-20)26(32)31-16-14-30(15-17-31)24-13-10-18-4-3-6-22(25(18)29-24)21-5-1-2-7-23(21)28/h1-13H,14-17H2. The van der Waals surface area contributed by atoms with E-state index in [2.05, 4.69) is 4.90 Å². The average Bonchev–Trinajstić information content (AvgIpc) is 2.84. The number of rotatable bonds is 3. The Kier molecular flexibility index (Phi) is 5.27. The van der Waals surface area contributed by atoms with Gasteiger partial charge in [0.2, 0.25) is 0 Å². The van der Waals surface area contributed by atoms with Crippen molar-refractivity contribution < 1.29 is 13.6 Å². The number of carbonyl (C=O) groups is 1. The fraction of sp³-hybridized carbons (Fsp3) is 0.154. The van der Waals surface area contributed by atoms with Crippen LogP contribution in [0.15, 0.2) is 78.9 Å². The molecule has 4 nitrogen and oxygen atoms in total. The summed E-state index contributed by atoms with van der Waals surface area (Å²) >= 11 is 0. The fourth-order valence-corrected chi connectivity index (χ4v) is 4.12. The molecule has 0 saturated carbocycles. The van der Waals surface area contributed by atoms with E-state index in [1.165, 1.54) is 30.3 Å². The molecule has 1 aromatic heterocycles. The molecule has 1 fully saturated rings. The molecule has 0 spiro atoms. The number of benzene rings is 3. The van der Waals surface area contributed by atoms with Crippen LogP contribution in [0.2, 0.25) is 0 Å².